The van der Waals surface area contributed by atoms with Gasteiger partial charge < -0.3 is 11.1 Å². The third kappa shape index (κ3) is 5.21. The highest BCUT2D eigenvalue weighted by Gasteiger charge is 2.19. The van der Waals surface area contributed by atoms with E-state index < -0.39 is 0 Å². The van der Waals surface area contributed by atoms with E-state index in [1.165, 1.54) is 5.56 Å². The van der Waals surface area contributed by atoms with Crippen LogP contribution in [0.25, 0.3) is 0 Å². The van der Waals surface area contributed by atoms with Crippen LogP contribution in [0, 0.1) is 0 Å². The number of hydrogen-bond acceptors (Lipinski definition) is 3. The predicted octanol–water partition coefficient (Wildman–Crippen LogP) is 2.40. The van der Waals surface area contributed by atoms with Crippen LogP contribution in [0.5, 0.6) is 0 Å². The smallest absolute Gasteiger partial charge is 0.237 e. The Labute approximate surface area is 122 Å². The first-order valence-electron chi connectivity index (χ1n) is 7.44. The van der Waals surface area contributed by atoms with Gasteiger partial charge in [-0.15, -0.1) is 0 Å². The number of likely N-dealkylation sites (N-methyl/N-ethyl adjacent to an activating group) is 1. The molecule has 0 aliphatic carbocycles. The molecule has 4 heteroatoms. The predicted molar refractivity (Wildman–Crippen MR) is 84.3 cm³/mol. The second kappa shape index (κ2) is 8.59. The number of anilines is 1. The fourth-order valence-electron chi connectivity index (χ4n) is 2.08. The summed E-state index contributed by atoms with van der Waals surface area (Å²) in [7, 11) is 0. The summed E-state index contributed by atoms with van der Waals surface area (Å²) >= 11 is 0. The number of carbonyl (C=O) groups is 1. The van der Waals surface area contributed by atoms with Crippen molar-refractivity contribution in [1.82, 2.24) is 10.2 Å². The molecule has 1 unspecified atom stereocenters. The first-order chi connectivity index (χ1) is 9.58. The standard InChI is InChI=1S/C16H27N3O/c1-4-6-11-18-16(20)13(3)19(5-2)12-14-7-9-15(17)10-8-14/h7-10,13H,4-6,11-12,17H2,1-3H3,(H,18,20). The van der Waals surface area contributed by atoms with Crippen molar-refractivity contribution in [3.8, 4) is 0 Å². The zero-order valence-electron chi connectivity index (χ0n) is 12.9. The van der Waals surface area contributed by atoms with Gasteiger partial charge in [0.1, 0.15) is 0 Å². The Balaban J connectivity index is 2.55. The maximum absolute atomic E-state index is 12.1. The van der Waals surface area contributed by atoms with E-state index in [4.69, 9.17) is 5.73 Å². The quantitative estimate of drug-likeness (QED) is 0.566. The Morgan fingerprint density at radius 1 is 1.30 bits per heavy atom. The largest absolute Gasteiger partial charge is 0.399 e. The molecule has 0 saturated carbocycles. The maximum Gasteiger partial charge on any atom is 0.237 e. The molecular formula is C16H27N3O. The van der Waals surface area contributed by atoms with Gasteiger partial charge in [0.2, 0.25) is 5.91 Å². The molecule has 0 aliphatic heterocycles. The minimum Gasteiger partial charge on any atom is -0.399 e. The van der Waals surface area contributed by atoms with Gasteiger partial charge in [0.15, 0.2) is 0 Å². The Morgan fingerprint density at radius 2 is 1.95 bits per heavy atom. The summed E-state index contributed by atoms with van der Waals surface area (Å²) in [6, 6.07) is 7.71. The van der Waals surface area contributed by atoms with Gasteiger partial charge in [-0.2, -0.15) is 0 Å². The molecule has 4 nitrogen and oxygen atoms in total. The zero-order chi connectivity index (χ0) is 15.0. The summed E-state index contributed by atoms with van der Waals surface area (Å²) in [5, 5.41) is 2.99. The third-order valence-electron chi connectivity index (χ3n) is 3.53. The molecule has 3 N–H and O–H groups in total. The van der Waals surface area contributed by atoms with Gasteiger partial charge in [-0.05, 0) is 37.6 Å². The Bertz CT molecular complexity index is 403. The molecule has 0 fully saturated rings. The van der Waals surface area contributed by atoms with E-state index in [2.05, 4.69) is 24.1 Å². The van der Waals surface area contributed by atoms with Crippen LogP contribution >= 0.6 is 0 Å². The van der Waals surface area contributed by atoms with Gasteiger partial charge in [0.05, 0.1) is 6.04 Å². The first-order valence-corrected chi connectivity index (χ1v) is 7.44. The molecule has 1 rings (SSSR count). The molecule has 0 bridgehead atoms. The Morgan fingerprint density at radius 3 is 2.50 bits per heavy atom. The SMILES string of the molecule is CCCCNC(=O)C(C)N(CC)Cc1ccc(N)cc1. The molecule has 0 heterocycles. The first kappa shape index (κ1) is 16.5. The van der Waals surface area contributed by atoms with Crippen molar-refractivity contribution < 1.29 is 4.79 Å². The van der Waals surface area contributed by atoms with E-state index in [9.17, 15) is 4.79 Å². The second-order valence-electron chi connectivity index (χ2n) is 5.13. The van der Waals surface area contributed by atoms with Crippen LogP contribution < -0.4 is 11.1 Å². The number of carbonyl (C=O) groups excluding carboxylic acids is 1. The normalized spacial score (nSPS) is 12.4. The van der Waals surface area contributed by atoms with Crippen molar-refractivity contribution in [1.29, 1.82) is 0 Å². The van der Waals surface area contributed by atoms with Crippen molar-refractivity contribution in [3.05, 3.63) is 29.8 Å². The molecule has 20 heavy (non-hydrogen) atoms. The summed E-state index contributed by atoms with van der Waals surface area (Å²) in [5.41, 5.74) is 7.63. The summed E-state index contributed by atoms with van der Waals surface area (Å²) in [5.74, 6) is 0.107. The summed E-state index contributed by atoms with van der Waals surface area (Å²) in [4.78, 5) is 14.2. The van der Waals surface area contributed by atoms with Crippen molar-refractivity contribution in [2.24, 2.45) is 0 Å². The molecule has 1 aromatic carbocycles. The third-order valence-corrected chi connectivity index (χ3v) is 3.53. The summed E-state index contributed by atoms with van der Waals surface area (Å²) in [6.07, 6.45) is 2.13. The number of rotatable bonds is 8. The second-order valence-corrected chi connectivity index (χ2v) is 5.13. The molecule has 1 aromatic rings. The fourth-order valence-corrected chi connectivity index (χ4v) is 2.08. The van der Waals surface area contributed by atoms with E-state index in [1.54, 1.807) is 0 Å². The van der Waals surface area contributed by atoms with E-state index in [1.807, 2.05) is 31.2 Å². The van der Waals surface area contributed by atoms with Crippen LogP contribution in [0.1, 0.15) is 39.2 Å². The lowest BCUT2D eigenvalue weighted by Gasteiger charge is -2.27. The monoisotopic (exact) mass is 277 g/mol. The summed E-state index contributed by atoms with van der Waals surface area (Å²) < 4.78 is 0. The minimum absolute atomic E-state index is 0.107. The highest BCUT2D eigenvalue weighted by Crippen LogP contribution is 2.11. The number of nitrogens with one attached hydrogen (secondary N) is 1. The molecule has 0 saturated heterocycles. The van der Waals surface area contributed by atoms with Crippen LogP contribution in [0.2, 0.25) is 0 Å². The topological polar surface area (TPSA) is 58.4 Å². The lowest BCUT2D eigenvalue weighted by atomic mass is 10.1. The summed E-state index contributed by atoms with van der Waals surface area (Å²) in [6.45, 7) is 8.52. The Hall–Kier alpha value is -1.55. The van der Waals surface area contributed by atoms with E-state index >= 15 is 0 Å². The van der Waals surface area contributed by atoms with Gasteiger partial charge in [-0.25, -0.2) is 0 Å². The highest BCUT2D eigenvalue weighted by molar-refractivity contribution is 5.81. The van der Waals surface area contributed by atoms with Crippen LogP contribution in [0.4, 0.5) is 5.69 Å². The van der Waals surface area contributed by atoms with Gasteiger partial charge in [0.25, 0.3) is 0 Å². The lowest BCUT2D eigenvalue weighted by Crippen LogP contribution is -2.44. The van der Waals surface area contributed by atoms with Crippen LogP contribution in [-0.4, -0.2) is 29.9 Å². The van der Waals surface area contributed by atoms with Gasteiger partial charge in [0, 0.05) is 18.8 Å². The number of hydrogen-bond donors (Lipinski definition) is 2. The van der Waals surface area contributed by atoms with E-state index in [-0.39, 0.29) is 11.9 Å². The van der Waals surface area contributed by atoms with Gasteiger partial charge in [-0.1, -0.05) is 32.4 Å². The number of nitrogens with two attached hydrogens (primary N) is 1. The fraction of sp³-hybridized carbons (Fsp3) is 0.562. The van der Waals surface area contributed by atoms with E-state index in [0.717, 1.165) is 38.2 Å². The van der Waals surface area contributed by atoms with Crippen molar-refractivity contribution in [3.63, 3.8) is 0 Å². The number of benzene rings is 1. The maximum atomic E-state index is 12.1. The molecule has 0 spiro atoms. The Kier molecular flexibility index (Phi) is 7.09. The highest BCUT2D eigenvalue weighted by atomic mass is 16.2. The van der Waals surface area contributed by atoms with Gasteiger partial charge in [-0.3, -0.25) is 9.69 Å². The van der Waals surface area contributed by atoms with Gasteiger partial charge >= 0.3 is 0 Å². The number of unbranched alkanes of at least 4 members (excludes halogenated alkanes) is 1. The van der Waals surface area contributed by atoms with Crippen molar-refractivity contribution >= 4 is 11.6 Å². The average molecular weight is 277 g/mol. The lowest BCUT2D eigenvalue weighted by molar-refractivity contribution is -0.126. The minimum atomic E-state index is -0.116. The van der Waals surface area contributed by atoms with Crippen LogP contribution in [0.3, 0.4) is 0 Å². The van der Waals surface area contributed by atoms with Crippen LogP contribution in [0.15, 0.2) is 24.3 Å². The molecule has 0 aliphatic rings. The number of nitrogen functional groups attached to an aromatic ring is 1. The average Bonchev–Trinajstić information content (AvgIpc) is 2.46. The molecule has 1 atom stereocenters. The molecule has 0 radical (unpaired) electrons. The molecular weight excluding hydrogens is 250 g/mol. The van der Waals surface area contributed by atoms with Crippen molar-refractivity contribution in [2.75, 3.05) is 18.8 Å². The molecule has 0 aromatic heterocycles. The van der Waals surface area contributed by atoms with Crippen molar-refractivity contribution in [2.45, 2.75) is 46.2 Å². The number of nitrogens with zero attached hydrogens (tertiary/aromatic N) is 1. The molecule has 1 amide bonds. The molecule has 112 valence electrons. The van der Waals surface area contributed by atoms with E-state index in [0.29, 0.717) is 0 Å². The van der Waals surface area contributed by atoms with Crippen LogP contribution in [-0.2, 0) is 11.3 Å². The number of amides is 1. The zero-order valence-corrected chi connectivity index (χ0v) is 12.9.